The second kappa shape index (κ2) is 14.2. The molecule has 4 aliphatic heterocycles. The van der Waals surface area contributed by atoms with Gasteiger partial charge in [-0.3, -0.25) is 19.2 Å². The van der Waals surface area contributed by atoms with Crippen LogP contribution in [0.25, 0.3) is 0 Å². The van der Waals surface area contributed by atoms with E-state index in [0.717, 1.165) is 37.7 Å². The molecule has 6 rings (SSSR count). The summed E-state index contributed by atoms with van der Waals surface area (Å²) in [6.45, 7) is 3.91. The fourth-order valence-electron chi connectivity index (χ4n) is 8.31. The van der Waals surface area contributed by atoms with Crippen molar-refractivity contribution in [3.05, 3.63) is 58.6 Å². The molecule has 1 aliphatic carbocycles. The maximum Gasteiger partial charge on any atom is 0.306 e. The van der Waals surface area contributed by atoms with Crippen molar-refractivity contribution < 1.29 is 33.8 Å². The van der Waals surface area contributed by atoms with E-state index in [-0.39, 0.29) is 49.4 Å². The number of nitrogens with one attached hydrogen (secondary N) is 1. The van der Waals surface area contributed by atoms with Gasteiger partial charge in [-0.25, -0.2) is 0 Å². The highest BCUT2D eigenvalue weighted by Gasteiger charge is 2.75. The van der Waals surface area contributed by atoms with Crippen molar-refractivity contribution in [3.63, 3.8) is 0 Å². The molecule has 254 valence electrons. The molecule has 5 bridgehead atoms. The van der Waals surface area contributed by atoms with Gasteiger partial charge >= 0.3 is 5.97 Å². The van der Waals surface area contributed by atoms with E-state index in [9.17, 15) is 19.5 Å². The summed E-state index contributed by atoms with van der Waals surface area (Å²) in [6.07, 6.45) is 11.0. The first kappa shape index (κ1) is 33.9. The van der Waals surface area contributed by atoms with E-state index >= 15 is 4.79 Å². The summed E-state index contributed by atoms with van der Waals surface area (Å²) < 4.78 is 13.0. The number of fused-ring (bicyclic) bond motifs is 2. The predicted octanol–water partition coefficient (Wildman–Crippen LogP) is 4.18. The number of hydrogen-bond donors (Lipinski definition) is 2. The second-order valence-electron chi connectivity index (χ2n) is 13.7. The molecule has 0 radical (unpaired) electrons. The number of carbonyl (C=O) groups is 4. The first-order chi connectivity index (χ1) is 22.7. The van der Waals surface area contributed by atoms with Crippen molar-refractivity contribution in [2.75, 3.05) is 19.8 Å². The van der Waals surface area contributed by atoms with Gasteiger partial charge in [-0.15, -0.1) is 0 Å². The number of amides is 3. The van der Waals surface area contributed by atoms with E-state index in [0.29, 0.717) is 23.9 Å². The molecule has 47 heavy (non-hydrogen) atoms. The number of likely N-dealkylation sites (tertiary alicyclic amines) is 1. The Hall–Kier alpha value is -3.02. The van der Waals surface area contributed by atoms with Gasteiger partial charge in [0.1, 0.15) is 24.4 Å². The summed E-state index contributed by atoms with van der Waals surface area (Å²) >= 11 is 3.64. The van der Waals surface area contributed by atoms with Crippen molar-refractivity contribution in [2.24, 2.45) is 17.8 Å². The van der Waals surface area contributed by atoms with Gasteiger partial charge in [0.05, 0.1) is 30.5 Å². The van der Waals surface area contributed by atoms with Crippen molar-refractivity contribution in [1.82, 2.24) is 15.1 Å². The summed E-state index contributed by atoms with van der Waals surface area (Å²) in [5.74, 6) is -3.42. The number of allylic oxidation sites excluding steroid dienone is 1. The number of hydrogen-bond acceptors (Lipinski definition) is 7. The highest BCUT2D eigenvalue weighted by atomic mass is 79.9. The minimum atomic E-state index is -1.39. The van der Waals surface area contributed by atoms with E-state index in [1.165, 1.54) is 0 Å². The summed E-state index contributed by atoms with van der Waals surface area (Å²) in [5.41, 5.74) is -0.632. The van der Waals surface area contributed by atoms with Crippen LogP contribution in [0.4, 0.5) is 0 Å². The van der Waals surface area contributed by atoms with Crippen LogP contribution in [0, 0.1) is 17.8 Å². The second-order valence-corrected chi connectivity index (χ2v) is 14.6. The first-order valence-corrected chi connectivity index (χ1v) is 18.0. The monoisotopic (exact) mass is 711 g/mol. The smallest absolute Gasteiger partial charge is 0.306 e. The lowest BCUT2D eigenvalue weighted by Gasteiger charge is -2.43. The lowest BCUT2D eigenvalue weighted by Crippen LogP contribution is -2.61. The molecule has 2 saturated heterocycles. The SMILES string of the molecule is CC[C@H](C)[C@H](CO)N1C(=O)[C@H]2[C@@H]3C(=O)N[C@H](c4ccccc4)COC(=O)CC/C=C\CN(C4CCCCC4)C(=O)[C@H]1[C@@]21C=C(Br)[C@@H]3O1. The lowest BCUT2D eigenvalue weighted by atomic mass is 9.73. The van der Waals surface area contributed by atoms with Gasteiger partial charge in [0, 0.05) is 23.5 Å². The van der Waals surface area contributed by atoms with Crippen LogP contribution < -0.4 is 5.32 Å². The summed E-state index contributed by atoms with van der Waals surface area (Å²) in [4.78, 5) is 60.4. The van der Waals surface area contributed by atoms with E-state index in [1.807, 2.05) is 67.3 Å². The number of esters is 1. The number of benzene rings is 1. The molecule has 0 aromatic heterocycles. The highest BCUT2D eigenvalue weighted by molar-refractivity contribution is 9.11. The van der Waals surface area contributed by atoms with E-state index < -0.39 is 47.6 Å². The van der Waals surface area contributed by atoms with Gasteiger partial charge in [0.2, 0.25) is 17.7 Å². The van der Waals surface area contributed by atoms with Crippen LogP contribution in [0.3, 0.4) is 0 Å². The van der Waals surface area contributed by atoms with Crippen molar-refractivity contribution in [2.45, 2.75) is 101 Å². The van der Waals surface area contributed by atoms with Crippen LogP contribution in [0.5, 0.6) is 0 Å². The molecule has 1 aromatic carbocycles. The molecule has 3 fully saturated rings. The Bertz CT molecular complexity index is 1410. The van der Waals surface area contributed by atoms with Gasteiger partial charge < -0.3 is 29.7 Å². The van der Waals surface area contributed by atoms with E-state index in [2.05, 4.69) is 21.2 Å². The first-order valence-electron chi connectivity index (χ1n) is 17.2. The molecule has 10 nitrogen and oxygen atoms in total. The van der Waals surface area contributed by atoms with E-state index in [1.54, 1.807) is 4.90 Å². The third-order valence-corrected chi connectivity index (χ3v) is 11.6. The Morgan fingerprint density at radius 3 is 2.51 bits per heavy atom. The lowest BCUT2D eigenvalue weighted by molar-refractivity contribution is -0.153. The highest BCUT2D eigenvalue weighted by Crippen LogP contribution is 2.59. The number of aliphatic hydroxyl groups excluding tert-OH is 1. The fraction of sp³-hybridized carbons (Fsp3) is 0.611. The molecule has 1 aromatic rings. The van der Waals surface area contributed by atoms with Gasteiger partial charge in [-0.1, -0.05) is 97.9 Å². The number of cyclic esters (lactones) is 1. The van der Waals surface area contributed by atoms with Crippen LogP contribution in [-0.2, 0) is 28.7 Å². The Morgan fingerprint density at radius 2 is 1.81 bits per heavy atom. The average Bonchev–Trinajstić information content (AvgIpc) is 3.68. The third kappa shape index (κ3) is 6.19. The Balaban J connectivity index is 1.46. The van der Waals surface area contributed by atoms with Crippen LogP contribution >= 0.6 is 15.9 Å². The summed E-state index contributed by atoms with van der Waals surface area (Å²) in [6, 6.07) is 6.91. The number of halogens is 1. The summed E-state index contributed by atoms with van der Waals surface area (Å²) in [7, 11) is 0. The zero-order valence-corrected chi connectivity index (χ0v) is 28.8. The minimum Gasteiger partial charge on any atom is -0.463 e. The van der Waals surface area contributed by atoms with Crippen LogP contribution in [0.15, 0.2) is 53.0 Å². The normalized spacial score (nSPS) is 34.0. The quantitative estimate of drug-likeness (QED) is 0.335. The zero-order valence-electron chi connectivity index (χ0n) is 27.2. The van der Waals surface area contributed by atoms with E-state index in [4.69, 9.17) is 9.47 Å². The molecular formula is C36H46BrN3O7. The van der Waals surface area contributed by atoms with Gasteiger partial charge in [-0.05, 0) is 36.8 Å². The maximum atomic E-state index is 15.1. The molecule has 8 atom stereocenters. The minimum absolute atomic E-state index is 0.0201. The average molecular weight is 713 g/mol. The van der Waals surface area contributed by atoms with Crippen molar-refractivity contribution in [1.29, 1.82) is 0 Å². The Morgan fingerprint density at radius 1 is 1.06 bits per heavy atom. The predicted molar refractivity (Wildman–Crippen MR) is 178 cm³/mol. The van der Waals surface area contributed by atoms with Crippen molar-refractivity contribution in [3.8, 4) is 0 Å². The number of carbonyl (C=O) groups excluding carboxylic acids is 4. The molecule has 0 unspecified atom stereocenters. The number of rotatable bonds is 6. The van der Waals surface area contributed by atoms with Crippen LogP contribution in [0.2, 0.25) is 0 Å². The number of ether oxygens (including phenoxy) is 2. The Labute approximate surface area is 285 Å². The van der Waals surface area contributed by atoms with Gasteiger partial charge in [0.25, 0.3) is 0 Å². The maximum absolute atomic E-state index is 15.1. The molecular weight excluding hydrogens is 666 g/mol. The standard InChI is InChI=1S/C36H46BrN3O7/c1-3-22(2)27(20-41)40-32-35(45)39(24-15-9-5-10-16-24)18-12-6-11-17-28(42)46-21-26(23-13-7-4-8-14-23)38-33(43)29-30(34(40)44)36(32)19-25(37)31(29)47-36/h4,6-8,12-14,19,22,24,26-27,29-32,41H,3,5,9-11,15-18,20-21H2,1-2H3,(H,38,43)/b12-6-/t22-,26-,27-,29-,30+,31-,32-,36+/m0/s1. The number of nitrogens with zero attached hydrogens (tertiary/aromatic N) is 2. The number of aliphatic hydroxyl groups is 1. The zero-order chi connectivity index (χ0) is 33.3. The fourth-order valence-corrected chi connectivity index (χ4v) is 9.04. The molecule has 4 heterocycles. The molecule has 1 spiro atoms. The molecule has 2 N–H and O–H groups in total. The van der Waals surface area contributed by atoms with Crippen molar-refractivity contribution >= 4 is 39.6 Å². The molecule has 1 saturated carbocycles. The molecule has 5 aliphatic rings. The Kier molecular flexibility index (Phi) is 10.2. The van der Waals surface area contributed by atoms with Gasteiger partial charge in [0.15, 0.2) is 0 Å². The van der Waals surface area contributed by atoms with Crippen LogP contribution in [-0.4, -0.2) is 88.2 Å². The molecule has 11 heteroatoms. The topological polar surface area (TPSA) is 125 Å². The third-order valence-electron chi connectivity index (χ3n) is 11.0. The molecule has 3 amide bonds. The largest absolute Gasteiger partial charge is 0.463 e. The van der Waals surface area contributed by atoms with Crippen LogP contribution in [0.1, 0.15) is 76.8 Å². The van der Waals surface area contributed by atoms with Gasteiger partial charge in [-0.2, -0.15) is 0 Å². The summed E-state index contributed by atoms with van der Waals surface area (Å²) in [5, 5.41) is 13.8.